The van der Waals surface area contributed by atoms with Crippen molar-refractivity contribution in [2.75, 3.05) is 11.1 Å². The van der Waals surface area contributed by atoms with Gasteiger partial charge in [-0.05, 0) is 48.9 Å². The van der Waals surface area contributed by atoms with Crippen LogP contribution in [-0.4, -0.2) is 31.5 Å². The second kappa shape index (κ2) is 9.24. The zero-order valence-electron chi connectivity index (χ0n) is 16.6. The Morgan fingerprint density at radius 1 is 1.03 bits per heavy atom. The maximum absolute atomic E-state index is 12.6. The molecule has 0 bridgehead atoms. The highest BCUT2D eigenvalue weighted by atomic mass is 35.5. The van der Waals surface area contributed by atoms with Gasteiger partial charge in [-0.1, -0.05) is 59.8 Å². The first-order valence-corrected chi connectivity index (χ1v) is 10.9. The number of halogens is 1. The summed E-state index contributed by atoms with van der Waals surface area (Å²) in [5.41, 5.74) is 2.89. The molecule has 156 valence electrons. The number of phenols is 1. The summed E-state index contributed by atoms with van der Waals surface area (Å²) in [6.07, 6.45) is 0. The fourth-order valence-corrected chi connectivity index (χ4v) is 4.00. The number of benzene rings is 3. The van der Waals surface area contributed by atoms with Crippen LogP contribution in [0.15, 0.2) is 78.0 Å². The Morgan fingerprint density at radius 3 is 2.55 bits per heavy atom. The summed E-state index contributed by atoms with van der Waals surface area (Å²) in [6.45, 7) is 1.86. The molecule has 0 saturated heterocycles. The molecular weight excluding hydrogens is 432 g/mol. The van der Waals surface area contributed by atoms with E-state index in [0.717, 1.165) is 11.3 Å². The van der Waals surface area contributed by atoms with Crippen LogP contribution < -0.4 is 5.32 Å². The second-order valence-electron chi connectivity index (χ2n) is 6.74. The number of amides is 1. The second-order valence-corrected chi connectivity index (χ2v) is 8.09. The Hall–Kier alpha value is -3.29. The lowest BCUT2D eigenvalue weighted by molar-refractivity contribution is -0.113. The van der Waals surface area contributed by atoms with Crippen molar-refractivity contribution in [2.24, 2.45) is 0 Å². The maximum Gasteiger partial charge on any atom is 0.234 e. The van der Waals surface area contributed by atoms with Crippen molar-refractivity contribution < 1.29 is 9.90 Å². The third-order valence-corrected chi connectivity index (χ3v) is 6.01. The fourth-order valence-electron chi connectivity index (χ4n) is 3.07. The van der Waals surface area contributed by atoms with Crippen LogP contribution in [0.3, 0.4) is 0 Å². The molecule has 0 saturated carbocycles. The van der Waals surface area contributed by atoms with Crippen LogP contribution in [0, 0.1) is 6.92 Å². The Morgan fingerprint density at radius 2 is 1.77 bits per heavy atom. The number of aromatic hydroxyl groups is 1. The summed E-state index contributed by atoms with van der Waals surface area (Å²) >= 11 is 7.40. The van der Waals surface area contributed by atoms with Gasteiger partial charge in [0.05, 0.1) is 11.3 Å². The van der Waals surface area contributed by atoms with Crippen molar-refractivity contribution in [1.82, 2.24) is 14.8 Å². The number of thioether (sulfide) groups is 1. The molecule has 6 nitrogen and oxygen atoms in total. The van der Waals surface area contributed by atoms with Crippen LogP contribution in [0.4, 0.5) is 5.69 Å². The average Bonchev–Trinajstić information content (AvgIpc) is 3.20. The number of rotatable bonds is 6. The normalized spacial score (nSPS) is 10.8. The predicted octanol–water partition coefficient (Wildman–Crippen LogP) is 5.33. The number of hydrogen-bond acceptors (Lipinski definition) is 5. The Bertz CT molecular complexity index is 1230. The highest BCUT2D eigenvalue weighted by Crippen LogP contribution is 2.32. The number of aromatic nitrogens is 3. The Balaban J connectivity index is 1.61. The highest BCUT2D eigenvalue weighted by molar-refractivity contribution is 7.99. The number of carbonyl (C=O) groups is 1. The van der Waals surface area contributed by atoms with Gasteiger partial charge in [0.15, 0.2) is 11.0 Å². The summed E-state index contributed by atoms with van der Waals surface area (Å²) < 4.78 is 1.83. The van der Waals surface area contributed by atoms with Crippen molar-refractivity contribution >= 4 is 35.0 Å². The van der Waals surface area contributed by atoms with E-state index in [1.54, 1.807) is 30.3 Å². The number of nitrogens with one attached hydrogen (secondary N) is 1. The van der Waals surface area contributed by atoms with E-state index in [4.69, 9.17) is 11.6 Å². The van der Waals surface area contributed by atoms with Gasteiger partial charge in [-0.15, -0.1) is 10.2 Å². The lowest BCUT2D eigenvalue weighted by atomic mass is 10.2. The first kappa shape index (κ1) is 21.0. The standard InChI is InChI=1S/C23H19ClN4O2S/c1-15-18(24)11-7-12-19(15)25-21(30)14-31-23-27-26-22(17-10-5-6-13-20(17)29)28(23)16-8-3-2-4-9-16/h2-13,29H,14H2,1H3,(H,25,30). The van der Waals surface area contributed by atoms with Gasteiger partial charge in [0, 0.05) is 16.4 Å². The van der Waals surface area contributed by atoms with Gasteiger partial charge in [-0.2, -0.15) is 0 Å². The summed E-state index contributed by atoms with van der Waals surface area (Å²) in [5, 5.41) is 22.9. The minimum absolute atomic E-state index is 0.109. The van der Waals surface area contributed by atoms with Gasteiger partial charge in [0.2, 0.25) is 5.91 Å². The quantitative estimate of drug-likeness (QED) is 0.388. The lowest BCUT2D eigenvalue weighted by Gasteiger charge is -2.12. The number of carbonyl (C=O) groups excluding carboxylic acids is 1. The highest BCUT2D eigenvalue weighted by Gasteiger charge is 2.19. The molecule has 8 heteroatoms. The van der Waals surface area contributed by atoms with Crippen molar-refractivity contribution in [3.05, 3.63) is 83.4 Å². The van der Waals surface area contributed by atoms with Crippen LogP contribution in [0.2, 0.25) is 5.02 Å². The number of phenolic OH excluding ortho intramolecular Hbond substituents is 1. The molecular formula is C23H19ClN4O2S. The molecule has 2 N–H and O–H groups in total. The lowest BCUT2D eigenvalue weighted by Crippen LogP contribution is -2.15. The predicted molar refractivity (Wildman–Crippen MR) is 124 cm³/mol. The Labute approximate surface area is 188 Å². The monoisotopic (exact) mass is 450 g/mol. The van der Waals surface area contributed by atoms with Crippen LogP contribution in [0.25, 0.3) is 17.1 Å². The number of anilines is 1. The van der Waals surface area contributed by atoms with Gasteiger partial charge >= 0.3 is 0 Å². The van der Waals surface area contributed by atoms with Crippen molar-refractivity contribution in [1.29, 1.82) is 0 Å². The van der Waals surface area contributed by atoms with E-state index in [1.807, 2.05) is 54.0 Å². The molecule has 1 amide bonds. The van der Waals surface area contributed by atoms with Crippen molar-refractivity contribution in [3.63, 3.8) is 0 Å². The van der Waals surface area contributed by atoms with Crippen molar-refractivity contribution in [2.45, 2.75) is 12.1 Å². The van der Waals surface area contributed by atoms with Gasteiger partial charge < -0.3 is 10.4 Å². The van der Waals surface area contributed by atoms with E-state index in [1.165, 1.54) is 11.8 Å². The summed E-state index contributed by atoms with van der Waals surface area (Å²) in [7, 11) is 0. The van der Waals surface area contributed by atoms with Crippen LogP contribution in [-0.2, 0) is 4.79 Å². The number of para-hydroxylation sites is 2. The summed E-state index contributed by atoms with van der Waals surface area (Å²) in [5.74, 6) is 0.565. The third kappa shape index (κ3) is 4.57. The van der Waals surface area contributed by atoms with Gasteiger partial charge in [0.25, 0.3) is 0 Å². The molecule has 0 spiro atoms. The van der Waals surface area contributed by atoms with Gasteiger partial charge in [-0.3, -0.25) is 9.36 Å². The van der Waals surface area contributed by atoms with E-state index in [2.05, 4.69) is 15.5 Å². The third-order valence-electron chi connectivity index (χ3n) is 4.67. The summed E-state index contributed by atoms with van der Waals surface area (Å²) in [4.78, 5) is 12.6. The van der Waals surface area contributed by atoms with Crippen LogP contribution in [0.5, 0.6) is 5.75 Å². The molecule has 4 aromatic rings. The smallest absolute Gasteiger partial charge is 0.234 e. The molecule has 0 atom stereocenters. The zero-order valence-corrected chi connectivity index (χ0v) is 18.2. The van der Waals surface area contributed by atoms with Crippen LogP contribution >= 0.6 is 23.4 Å². The molecule has 31 heavy (non-hydrogen) atoms. The van der Waals surface area contributed by atoms with E-state index < -0.39 is 0 Å². The Kier molecular flexibility index (Phi) is 6.25. The fraction of sp³-hybridized carbons (Fsp3) is 0.0870. The van der Waals surface area contributed by atoms with Gasteiger partial charge in [-0.25, -0.2) is 0 Å². The minimum atomic E-state index is -0.179. The molecule has 0 aliphatic rings. The summed E-state index contributed by atoms with van der Waals surface area (Å²) in [6, 6.07) is 21.9. The van der Waals surface area contributed by atoms with E-state index in [9.17, 15) is 9.90 Å². The number of nitrogens with zero attached hydrogens (tertiary/aromatic N) is 3. The topological polar surface area (TPSA) is 80.0 Å². The van der Waals surface area contributed by atoms with Crippen LogP contribution in [0.1, 0.15) is 5.56 Å². The van der Waals surface area contributed by atoms with E-state index in [0.29, 0.717) is 27.3 Å². The van der Waals surface area contributed by atoms with Crippen molar-refractivity contribution in [3.8, 4) is 22.8 Å². The molecule has 0 unspecified atom stereocenters. The molecule has 0 aliphatic heterocycles. The molecule has 3 aromatic carbocycles. The zero-order chi connectivity index (χ0) is 21.8. The number of hydrogen-bond donors (Lipinski definition) is 2. The molecule has 0 aliphatic carbocycles. The average molecular weight is 451 g/mol. The molecule has 1 heterocycles. The first-order valence-electron chi connectivity index (χ1n) is 9.51. The van der Waals surface area contributed by atoms with E-state index >= 15 is 0 Å². The van der Waals surface area contributed by atoms with E-state index in [-0.39, 0.29) is 17.4 Å². The largest absolute Gasteiger partial charge is 0.507 e. The first-order chi connectivity index (χ1) is 15.0. The SMILES string of the molecule is Cc1c(Cl)cccc1NC(=O)CSc1nnc(-c2ccccc2O)n1-c1ccccc1. The molecule has 1 aromatic heterocycles. The minimum Gasteiger partial charge on any atom is -0.507 e. The molecule has 4 rings (SSSR count). The maximum atomic E-state index is 12.6. The van der Waals surface area contributed by atoms with Gasteiger partial charge in [0.1, 0.15) is 5.75 Å². The molecule has 0 radical (unpaired) electrons. The molecule has 0 fully saturated rings.